The molecular weight excluding hydrogens is 182 g/mol. The van der Waals surface area contributed by atoms with Crippen LogP contribution in [0.15, 0.2) is 0 Å². The Hall–Kier alpha value is -0.910. The van der Waals surface area contributed by atoms with E-state index in [-0.39, 0.29) is 13.0 Å². The minimum Gasteiger partial charge on any atom is -0.453 e. The van der Waals surface area contributed by atoms with Crippen molar-refractivity contribution in [1.82, 2.24) is 4.90 Å². The smallest absolute Gasteiger partial charge is 0.409 e. The molecule has 1 heterocycles. The number of methoxy groups -OCH3 is 1. The summed E-state index contributed by atoms with van der Waals surface area (Å²) in [5.74, 6) is -3.01. The van der Waals surface area contributed by atoms with E-state index in [9.17, 15) is 13.6 Å². The molecule has 0 radical (unpaired) electrons. The van der Waals surface area contributed by atoms with Crippen LogP contribution in [0.1, 0.15) is 6.42 Å². The lowest BCUT2D eigenvalue weighted by Gasteiger charge is -2.35. The molecule has 0 saturated carbocycles. The van der Waals surface area contributed by atoms with Gasteiger partial charge in [0.1, 0.15) is 0 Å². The van der Waals surface area contributed by atoms with Crippen LogP contribution in [0.2, 0.25) is 0 Å². The van der Waals surface area contributed by atoms with Crippen molar-refractivity contribution in [3.8, 4) is 0 Å². The van der Waals surface area contributed by atoms with Gasteiger partial charge in [-0.3, -0.25) is 0 Å². The predicted molar refractivity (Wildman–Crippen MR) is 41.5 cm³/mol. The first kappa shape index (κ1) is 10.2. The molecule has 13 heavy (non-hydrogen) atoms. The van der Waals surface area contributed by atoms with Crippen molar-refractivity contribution in [3.63, 3.8) is 0 Å². The zero-order chi connectivity index (χ0) is 10.1. The van der Waals surface area contributed by atoms with E-state index in [0.717, 1.165) is 12.0 Å². The van der Waals surface area contributed by atoms with E-state index in [1.54, 1.807) is 0 Å². The van der Waals surface area contributed by atoms with Crippen molar-refractivity contribution in [1.29, 1.82) is 0 Å². The van der Waals surface area contributed by atoms with Crippen LogP contribution in [0.3, 0.4) is 0 Å². The van der Waals surface area contributed by atoms with Crippen LogP contribution in [-0.4, -0.2) is 43.2 Å². The molecule has 0 aromatic heterocycles. The second-order valence-corrected chi connectivity index (χ2v) is 3.05. The number of nitrogens with zero attached hydrogens (tertiary/aromatic N) is 1. The zero-order valence-electron chi connectivity index (χ0n) is 7.30. The highest BCUT2D eigenvalue weighted by atomic mass is 19.3. The monoisotopic (exact) mass is 194 g/mol. The Morgan fingerprint density at radius 2 is 2.31 bits per heavy atom. The molecule has 1 fully saturated rings. The largest absolute Gasteiger partial charge is 0.453 e. The first-order valence-corrected chi connectivity index (χ1v) is 3.93. The van der Waals surface area contributed by atoms with Crippen LogP contribution in [-0.2, 0) is 4.74 Å². The summed E-state index contributed by atoms with van der Waals surface area (Å²) in [7, 11) is 1.16. The summed E-state index contributed by atoms with van der Waals surface area (Å²) in [5.41, 5.74) is 5.19. The van der Waals surface area contributed by atoms with Gasteiger partial charge in [0.05, 0.1) is 19.7 Å². The van der Waals surface area contributed by atoms with E-state index in [2.05, 4.69) is 4.74 Å². The molecule has 1 rings (SSSR count). The van der Waals surface area contributed by atoms with Gasteiger partial charge in [0, 0.05) is 6.54 Å². The van der Waals surface area contributed by atoms with Gasteiger partial charge in [-0.25, -0.2) is 13.6 Å². The van der Waals surface area contributed by atoms with Gasteiger partial charge in [-0.15, -0.1) is 0 Å². The molecule has 2 N–H and O–H groups in total. The Bertz CT molecular complexity index is 211. The summed E-state index contributed by atoms with van der Waals surface area (Å²) in [6.45, 7) is -0.426. The SMILES string of the molecule is COC(=O)N1CCC(N)C(F)(F)C1. The third-order valence-corrected chi connectivity index (χ3v) is 2.09. The number of amides is 1. The van der Waals surface area contributed by atoms with Crippen LogP contribution in [0.5, 0.6) is 0 Å². The third-order valence-electron chi connectivity index (χ3n) is 2.09. The summed E-state index contributed by atoms with van der Waals surface area (Å²) in [6.07, 6.45) is -0.631. The number of carbonyl (C=O) groups is 1. The first-order chi connectivity index (χ1) is 5.97. The number of halogens is 2. The van der Waals surface area contributed by atoms with E-state index in [4.69, 9.17) is 5.73 Å². The normalized spacial score (nSPS) is 27.1. The third kappa shape index (κ3) is 2.06. The second kappa shape index (κ2) is 3.45. The van der Waals surface area contributed by atoms with Crippen LogP contribution < -0.4 is 5.73 Å². The molecule has 1 aliphatic rings. The van der Waals surface area contributed by atoms with E-state index in [1.165, 1.54) is 0 Å². The Balaban J connectivity index is 2.60. The van der Waals surface area contributed by atoms with Gasteiger partial charge in [0.25, 0.3) is 5.92 Å². The summed E-state index contributed by atoms with van der Waals surface area (Å²) in [4.78, 5) is 11.9. The maximum absolute atomic E-state index is 13.0. The number of hydrogen-bond acceptors (Lipinski definition) is 3. The minimum absolute atomic E-state index is 0.0993. The standard InChI is InChI=1S/C7H12F2N2O2/c1-13-6(12)11-3-2-5(10)7(8,9)4-11/h5H,2-4,10H2,1H3. The number of alkyl halides is 2. The van der Waals surface area contributed by atoms with Crippen molar-refractivity contribution < 1.29 is 18.3 Å². The maximum atomic E-state index is 13.0. The molecule has 1 saturated heterocycles. The topological polar surface area (TPSA) is 55.6 Å². The van der Waals surface area contributed by atoms with Gasteiger partial charge in [-0.1, -0.05) is 0 Å². The fourth-order valence-electron chi connectivity index (χ4n) is 1.24. The molecule has 1 unspecified atom stereocenters. The highest BCUT2D eigenvalue weighted by Crippen LogP contribution is 2.25. The molecule has 1 atom stereocenters. The lowest BCUT2D eigenvalue weighted by atomic mass is 10.0. The Morgan fingerprint density at radius 1 is 1.69 bits per heavy atom. The van der Waals surface area contributed by atoms with E-state index in [0.29, 0.717) is 0 Å². The maximum Gasteiger partial charge on any atom is 0.409 e. The number of ether oxygens (including phenoxy) is 1. The number of hydrogen-bond donors (Lipinski definition) is 1. The Morgan fingerprint density at radius 3 is 2.77 bits per heavy atom. The molecule has 0 bridgehead atoms. The molecule has 6 heteroatoms. The van der Waals surface area contributed by atoms with E-state index >= 15 is 0 Å². The van der Waals surface area contributed by atoms with Gasteiger partial charge in [0.15, 0.2) is 0 Å². The number of piperidine rings is 1. The van der Waals surface area contributed by atoms with Gasteiger partial charge in [-0.05, 0) is 6.42 Å². The second-order valence-electron chi connectivity index (χ2n) is 3.05. The predicted octanol–water partition coefficient (Wildman–Crippen LogP) is 0.421. The van der Waals surface area contributed by atoms with Gasteiger partial charge in [0.2, 0.25) is 0 Å². The van der Waals surface area contributed by atoms with Gasteiger partial charge >= 0.3 is 6.09 Å². The first-order valence-electron chi connectivity index (χ1n) is 3.93. The average Bonchev–Trinajstić information content (AvgIpc) is 2.08. The van der Waals surface area contributed by atoms with Crippen molar-refractivity contribution in [3.05, 3.63) is 0 Å². The molecule has 0 spiro atoms. The highest BCUT2D eigenvalue weighted by Gasteiger charge is 2.44. The van der Waals surface area contributed by atoms with Crippen LogP contribution in [0.4, 0.5) is 13.6 Å². The number of nitrogens with two attached hydrogens (primary N) is 1. The van der Waals surface area contributed by atoms with Crippen LogP contribution in [0, 0.1) is 0 Å². The van der Waals surface area contributed by atoms with E-state index in [1.807, 2.05) is 0 Å². The number of rotatable bonds is 0. The number of likely N-dealkylation sites (tertiary alicyclic amines) is 1. The van der Waals surface area contributed by atoms with Gasteiger partial charge < -0.3 is 15.4 Å². The molecule has 76 valence electrons. The zero-order valence-corrected chi connectivity index (χ0v) is 7.30. The van der Waals surface area contributed by atoms with Crippen molar-refractivity contribution >= 4 is 6.09 Å². The molecule has 0 aliphatic carbocycles. The molecule has 1 aliphatic heterocycles. The fourth-order valence-corrected chi connectivity index (χ4v) is 1.24. The summed E-state index contributed by atoms with van der Waals surface area (Å²) in [5, 5.41) is 0. The quantitative estimate of drug-likeness (QED) is 0.608. The molecular formula is C7H12F2N2O2. The minimum atomic E-state index is -3.01. The van der Waals surface area contributed by atoms with E-state index < -0.39 is 24.6 Å². The van der Waals surface area contributed by atoms with Crippen molar-refractivity contribution in [2.45, 2.75) is 18.4 Å². The lowest BCUT2D eigenvalue weighted by molar-refractivity contribution is -0.0743. The van der Waals surface area contributed by atoms with Crippen LogP contribution in [0.25, 0.3) is 0 Å². The molecule has 1 amide bonds. The van der Waals surface area contributed by atoms with Crippen molar-refractivity contribution in [2.24, 2.45) is 5.73 Å². The summed E-state index contributed by atoms with van der Waals surface area (Å²) >= 11 is 0. The fraction of sp³-hybridized carbons (Fsp3) is 0.857. The number of carbonyl (C=O) groups excluding carboxylic acids is 1. The average molecular weight is 194 g/mol. The summed E-state index contributed by atoms with van der Waals surface area (Å²) in [6, 6.07) is -1.16. The molecule has 4 nitrogen and oxygen atoms in total. The highest BCUT2D eigenvalue weighted by molar-refractivity contribution is 5.67. The lowest BCUT2D eigenvalue weighted by Crippen LogP contribution is -2.56. The summed E-state index contributed by atoms with van der Waals surface area (Å²) < 4.78 is 30.3. The Labute approximate surface area is 74.6 Å². The van der Waals surface area contributed by atoms with Gasteiger partial charge in [-0.2, -0.15) is 0 Å². The van der Waals surface area contributed by atoms with Crippen LogP contribution >= 0.6 is 0 Å². The molecule has 0 aromatic rings. The Kier molecular flexibility index (Phi) is 2.70. The van der Waals surface area contributed by atoms with Crippen molar-refractivity contribution in [2.75, 3.05) is 20.2 Å². The molecule has 0 aromatic carbocycles.